The summed E-state index contributed by atoms with van der Waals surface area (Å²) in [6.45, 7) is 0.639. The summed E-state index contributed by atoms with van der Waals surface area (Å²) in [6.07, 6.45) is 4.81. The Morgan fingerprint density at radius 1 is 1.07 bits per heavy atom. The molecule has 1 aliphatic rings. The summed E-state index contributed by atoms with van der Waals surface area (Å²) >= 11 is 0. The normalized spacial score (nSPS) is 12.2. The van der Waals surface area contributed by atoms with Gasteiger partial charge in [-0.1, -0.05) is 66.7 Å². The Morgan fingerprint density at radius 2 is 1.76 bits per heavy atom. The van der Waals surface area contributed by atoms with Crippen molar-refractivity contribution in [2.75, 3.05) is 13.2 Å². The third kappa shape index (κ3) is 4.02. The number of hydrogen-bond acceptors (Lipinski definition) is 4. The largest absolute Gasteiger partial charge is 0.449 e. The number of rotatable bonds is 5. The monoisotopic (exact) mass is 381 g/mol. The van der Waals surface area contributed by atoms with Crippen molar-refractivity contribution in [1.29, 1.82) is 5.26 Å². The molecule has 5 heteroatoms. The minimum absolute atomic E-state index is 0.0495. The molecule has 29 heavy (non-hydrogen) atoms. The number of carbonyl (C=O) groups is 1. The van der Waals surface area contributed by atoms with E-state index in [1.807, 2.05) is 42.5 Å². The van der Waals surface area contributed by atoms with Crippen molar-refractivity contribution in [3.8, 4) is 17.2 Å². The van der Waals surface area contributed by atoms with E-state index in [1.165, 1.54) is 22.3 Å². The van der Waals surface area contributed by atoms with Crippen molar-refractivity contribution in [3.63, 3.8) is 0 Å². The lowest BCUT2D eigenvalue weighted by atomic mass is 9.98. The van der Waals surface area contributed by atoms with E-state index in [1.54, 1.807) is 18.3 Å². The van der Waals surface area contributed by atoms with Crippen LogP contribution in [0, 0.1) is 11.3 Å². The number of amides is 1. The molecule has 1 heterocycles. The van der Waals surface area contributed by atoms with Crippen molar-refractivity contribution in [2.24, 2.45) is 0 Å². The third-order valence-electron chi connectivity index (χ3n) is 4.92. The topological polar surface area (TPSA) is 75.0 Å². The molecule has 1 N–H and O–H groups in total. The molecule has 0 radical (unpaired) electrons. The van der Waals surface area contributed by atoms with Crippen LogP contribution < -0.4 is 5.32 Å². The second-order valence-electron chi connectivity index (χ2n) is 6.70. The van der Waals surface area contributed by atoms with Crippen LogP contribution in [0.25, 0.3) is 17.2 Å². The first-order valence-electron chi connectivity index (χ1n) is 9.38. The van der Waals surface area contributed by atoms with Crippen molar-refractivity contribution in [1.82, 2.24) is 10.3 Å². The highest BCUT2D eigenvalue weighted by atomic mass is 16.5. The molecule has 0 fully saturated rings. The molecule has 4 rings (SSSR count). The van der Waals surface area contributed by atoms with Crippen LogP contribution in [0.5, 0.6) is 0 Å². The summed E-state index contributed by atoms with van der Waals surface area (Å²) in [4.78, 5) is 16.1. The van der Waals surface area contributed by atoms with Gasteiger partial charge in [0.1, 0.15) is 18.4 Å². The molecule has 1 aromatic heterocycles. The maximum atomic E-state index is 12.1. The first-order chi connectivity index (χ1) is 14.3. The van der Waals surface area contributed by atoms with Gasteiger partial charge in [0.15, 0.2) is 0 Å². The Balaban J connectivity index is 1.32. The second-order valence-corrected chi connectivity index (χ2v) is 6.70. The van der Waals surface area contributed by atoms with Crippen LogP contribution >= 0.6 is 0 Å². The summed E-state index contributed by atoms with van der Waals surface area (Å²) < 4.78 is 5.49. The Kier molecular flexibility index (Phi) is 5.35. The zero-order chi connectivity index (χ0) is 20.1. The van der Waals surface area contributed by atoms with Gasteiger partial charge in [-0.3, -0.25) is 0 Å². The maximum absolute atomic E-state index is 12.1. The van der Waals surface area contributed by atoms with E-state index in [0.29, 0.717) is 18.8 Å². The maximum Gasteiger partial charge on any atom is 0.407 e. The number of hydrogen-bond donors (Lipinski definition) is 1. The van der Waals surface area contributed by atoms with Crippen molar-refractivity contribution in [2.45, 2.75) is 5.92 Å². The lowest BCUT2D eigenvalue weighted by molar-refractivity contribution is 0.144. The number of nitrogens with zero attached hydrogens (tertiary/aromatic N) is 2. The lowest BCUT2D eigenvalue weighted by Crippen LogP contribution is -2.26. The molecule has 0 unspecified atom stereocenters. The van der Waals surface area contributed by atoms with Crippen LogP contribution in [-0.2, 0) is 4.74 Å². The number of aromatic nitrogens is 1. The molecule has 3 aromatic rings. The van der Waals surface area contributed by atoms with Gasteiger partial charge in [0, 0.05) is 18.7 Å². The van der Waals surface area contributed by atoms with Crippen LogP contribution in [-0.4, -0.2) is 24.2 Å². The predicted molar refractivity (Wildman–Crippen MR) is 111 cm³/mol. The lowest BCUT2D eigenvalue weighted by Gasteiger charge is -2.14. The van der Waals surface area contributed by atoms with Crippen LogP contribution in [0.1, 0.15) is 28.3 Å². The Bertz CT molecular complexity index is 1050. The molecule has 0 saturated carbocycles. The van der Waals surface area contributed by atoms with E-state index in [2.05, 4.69) is 34.6 Å². The highest BCUT2D eigenvalue weighted by Crippen LogP contribution is 2.44. The number of pyridine rings is 1. The Morgan fingerprint density at radius 3 is 2.38 bits per heavy atom. The molecule has 2 aromatic carbocycles. The minimum Gasteiger partial charge on any atom is -0.449 e. The van der Waals surface area contributed by atoms with Gasteiger partial charge >= 0.3 is 6.09 Å². The Hall–Kier alpha value is -3.91. The van der Waals surface area contributed by atoms with Gasteiger partial charge in [-0.25, -0.2) is 9.78 Å². The zero-order valence-corrected chi connectivity index (χ0v) is 15.7. The highest BCUT2D eigenvalue weighted by molar-refractivity contribution is 5.79. The molecule has 142 valence electrons. The number of nitrogens with one attached hydrogen (secondary N) is 1. The first kappa shape index (κ1) is 18.5. The van der Waals surface area contributed by atoms with Gasteiger partial charge in [0.25, 0.3) is 0 Å². The van der Waals surface area contributed by atoms with Gasteiger partial charge in [-0.2, -0.15) is 5.26 Å². The van der Waals surface area contributed by atoms with Crippen molar-refractivity contribution >= 4 is 12.2 Å². The molecule has 0 aliphatic heterocycles. The van der Waals surface area contributed by atoms with Crippen LogP contribution in [0.2, 0.25) is 0 Å². The number of carbonyl (C=O) groups excluding carboxylic acids is 1. The molecule has 0 saturated heterocycles. The standard InChI is InChI=1S/C24H19N3O2/c25-14-18-12-11-17(15-27-18)6-5-13-26-24(28)29-16-23-21-9-3-1-7-19(21)20-8-2-4-10-22(20)23/h1-12,15,23H,13,16H2,(H,26,28). The van der Waals surface area contributed by atoms with Gasteiger partial charge in [0.2, 0.25) is 0 Å². The van der Waals surface area contributed by atoms with Crippen LogP contribution in [0.3, 0.4) is 0 Å². The second kappa shape index (κ2) is 8.41. The highest BCUT2D eigenvalue weighted by Gasteiger charge is 2.28. The van der Waals surface area contributed by atoms with E-state index in [4.69, 9.17) is 10.00 Å². The molecule has 0 atom stereocenters. The molecule has 1 aliphatic carbocycles. The summed E-state index contributed by atoms with van der Waals surface area (Å²) in [5, 5.41) is 11.5. The summed E-state index contributed by atoms with van der Waals surface area (Å²) in [7, 11) is 0. The van der Waals surface area contributed by atoms with Crippen molar-refractivity contribution < 1.29 is 9.53 Å². The summed E-state index contributed by atoms with van der Waals surface area (Å²) in [5.41, 5.74) is 6.02. The fourth-order valence-corrected chi connectivity index (χ4v) is 3.56. The fourth-order valence-electron chi connectivity index (χ4n) is 3.56. The van der Waals surface area contributed by atoms with Gasteiger partial charge in [-0.05, 0) is 33.9 Å². The Labute approximate surface area is 169 Å². The van der Waals surface area contributed by atoms with Gasteiger partial charge in [-0.15, -0.1) is 0 Å². The number of nitriles is 1. The van der Waals surface area contributed by atoms with Crippen LogP contribution in [0.4, 0.5) is 4.79 Å². The van der Waals surface area contributed by atoms with E-state index >= 15 is 0 Å². The predicted octanol–water partition coefficient (Wildman–Crippen LogP) is 4.51. The van der Waals surface area contributed by atoms with Gasteiger partial charge in [0.05, 0.1) is 0 Å². The molecule has 0 bridgehead atoms. The minimum atomic E-state index is -0.450. The molecular weight excluding hydrogens is 362 g/mol. The number of alkyl carbamates (subject to hydrolysis) is 1. The SMILES string of the molecule is N#Cc1ccc(C=CCNC(=O)OCC2c3ccccc3-c3ccccc32)cn1. The summed E-state index contributed by atoms with van der Waals surface area (Å²) in [5.74, 6) is 0.0495. The number of benzene rings is 2. The average molecular weight is 381 g/mol. The first-order valence-corrected chi connectivity index (χ1v) is 9.38. The van der Waals surface area contributed by atoms with E-state index in [-0.39, 0.29) is 5.92 Å². The molecular formula is C24H19N3O2. The average Bonchev–Trinajstić information content (AvgIpc) is 3.09. The zero-order valence-electron chi connectivity index (χ0n) is 15.7. The van der Waals surface area contributed by atoms with Crippen LogP contribution in [0.15, 0.2) is 72.9 Å². The number of ether oxygens (including phenoxy) is 1. The molecule has 0 spiro atoms. The number of fused-ring (bicyclic) bond motifs is 3. The third-order valence-corrected chi connectivity index (χ3v) is 4.92. The van der Waals surface area contributed by atoms with E-state index in [0.717, 1.165) is 5.56 Å². The quantitative estimate of drug-likeness (QED) is 0.706. The smallest absolute Gasteiger partial charge is 0.407 e. The van der Waals surface area contributed by atoms with E-state index < -0.39 is 6.09 Å². The molecule has 1 amide bonds. The van der Waals surface area contributed by atoms with Crippen molar-refractivity contribution in [3.05, 3.63) is 95.3 Å². The van der Waals surface area contributed by atoms with E-state index in [9.17, 15) is 4.79 Å². The molecule has 5 nitrogen and oxygen atoms in total. The fraction of sp³-hybridized carbons (Fsp3) is 0.125. The summed E-state index contributed by atoms with van der Waals surface area (Å²) in [6, 6.07) is 21.9. The van der Waals surface area contributed by atoms with Gasteiger partial charge < -0.3 is 10.1 Å².